The Kier molecular flexibility index (Phi) is 5.25. The smallest absolute Gasteiger partial charge is 0.228 e. The molecule has 0 spiro atoms. The first-order valence-electron chi connectivity index (χ1n) is 8.21. The molecule has 2 aliphatic heterocycles. The molecule has 5 heteroatoms. The van der Waals surface area contributed by atoms with Gasteiger partial charge in [0.05, 0.1) is 5.41 Å². The maximum absolute atomic E-state index is 12.9. The Morgan fingerprint density at radius 1 is 1.19 bits per heavy atom. The van der Waals surface area contributed by atoms with Crippen LogP contribution in [0.15, 0.2) is 0 Å². The van der Waals surface area contributed by atoms with Crippen LogP contribution in [0.5, 0.6) is 0 Å². The van der Waals surface area contributed by atoms with Crippen LogP contribution in [-0.4, -0.2) is 61.9 Å². The van der Waals surface area contributed by atoms with E-state index in [1.807, 2.05) is 4.90 Å². The van der Waals surface area contributed by atoms with Gasteiger partial charge in [-0.15, -0.1) is 0 Å². The van der Waals surface area contributed by atoms with Gasteiger partial charge in [-0.1, -0.05) is 6.92 Å². The van der Waals surface area contributed by atoms with E-state index in [1.165, 1.54) is 0 Å². The predicted molar refractivity (Wildman–Crippen MR) is 82.8 cm³/mol. The van der Waals surface area contributed by atoms with E-state index < -0.39 is 0 Å². The number of likely N-dealkylation sites (tertiary alicyclic amines) is 1. The van der Waals surface area contributed by atoms with Gasteiger partial charge in [0.1, 0.15) is 0 Å². The molecule has 0 saturated carbocycles. The van der Waals surface area contributed by atoms with Gasteiger partial charge in [-0.2, -0.15) is 0 Å². The Labute approximate surface area is 128 Å². The minimum Gasteiger partial charge on any atom is -0.349 e. The van der Waals surface area contributed by atoms with Crippen LogP contribution in [0.3, 0.4) is 0 Å². The molecule has 0 aromatic carbocycles. The van der Waals surface area contributed by atoms with Crippen molar-refractivity contribution in [3.05, 3.63) is 0 Å². The van der Waals surface area contributed by atoms with Crippen molar-refractivity contribution < 1.29 is 9.59 Å². The molecule has 0 atom stereocenters. The SMILES string of the molecule is CCC1(C(=O)N2CCC(C(=O)N(C)C)CC2)CCNCC1. The second-order valence-electron chi connectivity index (χ2n) is 6.68. The van der Waals surface area contributed by atoms with E-state index in [0.717, 1.165) is 58.3 Å². The van der Waals surface area contributed by atoms with Crippen molar-refractivity contribution in [1.29, 1.82) is 0 Å². The van der Waals surface area contributed by atoms with Crippen molar-refractivity contribution in [3.63, 3.8) is 0 Å². The number of carbonyl (C=O) groups excluding carboxylic acids is 2. The lowest BCUT2D eigenvalue weighted by atomic mass is 9.75. The fourth-order valence-corrected chi connectivity index (χ4v) is 3.65. The summed E-state index contributed by atoms with van der Waals surface area (Å²) in [6.07, 6.45) is 4.42. The molecule has 5 nitrogen and oxygen atoms in total. The molecule has 2 aliphatic rings. The van der Waals surface area contributed by atoms with Crippen LogP contribution >= 0.6 is 0 Å². The summed E-state index contributed by atoms with van der Waals surface area (Å²) in [7, 11) is 3.61. The third-order valence-electron chi connectivity index (χ3n) is 5.26. The van der Waals surface area contributed by atoms with E-state index in [-0.39, 0.29) is 17.2 Å². The molecule has 0 aromatic heterocycles. The van der Waals surface area contributed by atoms with Crippen LogP contribution in [0.25, 0.3) is 0 Å². The lowest BCUT2D eigenvalue weighted by Crippen LogP contribution is -2.52. The lowest BCUT2D eigenvalue weighted by Gasteiger charge is -2.42. The first kappa shape index (κ1) is 16.3. The summed E-state index contributed by atoms with van der Waals surface area (Å²) in [5.74, 6) is 0.617. The van der Waals surface area contributed by atoms with Gasteiger partial charge >= 0.3 is 0 Å². The highest BCUT2D eigenvalue weighted by Crippen LogP contribution is 2.36. The molecule has 0 radical (unpaired) electrons. The summed E-state index contributed by atoms with van der Waals surface area (Å²) >= 11 is 0. The molecule has 0 aliphatic carbocycles. The monoisotopic (exact) mass is 295 g/mol. The summed E-state index contributed by atoms with van der Waals surface area (Å²) < 4.78 is 0. The van der Waals surface area contributed by atoms with Crippen LogP contribution in [0, 0.1) is 11.3 Å². The summed E-state index contributed by atoms with van der Waals surface area (Å²) in [5.41, 5.74) is -0.163. The van der Waals surface area contributed by atoms with Crippen molar-refractivity contribution in [2.24, 2.45) is 11.3 Å². The minimum atomic E-state index is -0.163. The minimum absolute atomic E-state index is 0.0923. The zero-order chi connectivity index (χ0) is 15.5. The van der Waals surface area contributed by atoms with Gasteiger partial charge < -0.3 is 15.1 Å². The molecule has 2 heterocycles. The lowest BCUT2D eigenvalue weighted by molar-refractivity contribution is -0.148. The molecule has 0 unspecified atom stereocenters. The van der Waals surface area contributed by atoms with E-state index in [0.29, 0.717) is 5.91 Å². The van der Waals surface area contributed by atoms with E-state index in [9.17, 15) is 9.59 Å². The van der Waals surface area contributed by atoms with Crippen molar-refractivity contribution in [3.8, 4) is 0 Å². The second kappa shape index (κ2) is 6.77. The molecule has 120 valence electrons. The van der Waals surface area contributed by atoms with Gasteiger partial charge in [0, 0.05) is 33.1 Å². The average Bonchev–Trinajstić information content (AvgIpc) is 2.54. The molecule has 0 aromatic rings. The number of hydrogen-bond donors (Lipinski definition) is 1. The number of nitrogens with zero attached hydrogens (tertiary/aromatic N) is 2. The van der Waals surface area contributed by atoms with Crippen LogP contribution in [-0.2, 0) is 9.59 Å². The molecule has 0 bridgehead atoms. The van der Waals surface area contributed by atoms with E-state index >= 15 is 0 Å². The Balaban J connectivity index is 1.95. The van der Waals surface area contributed by atoms with Gasteiger partial charge in [-0.25, -0.2) is 0 Å². The van der Waals surface area contributed by atoms with Crippen molar-refractivity contribution in [1.82, 2.24) is 15.1 Å². The van der Waals surface area contributed by atoms with Gasteiger partial charge in [0.25, 0.3) is 0 Å². The average molecular weight is 295 g/mol. The Morgan fingerprint density at radius 3 is 2.24 bits per heavy atom. The van der Waals surface area contributed by atoms with Crippen LogP contribution in [0.1, 0.15) is 39.0 Å². The summed E-state index contributed by atoms with van der Waals surface area (Å²) in [5, 5.41) is 3.35. The number of piperidine rings is 2. The molecule has 2 fully saturated rings. The Hall–Kier alpha value is -1.10. The largest absolute Gasteiger partial charge is 0.349 e. The van der Waals surface area contributed by atoms with Gasteiger partial charge in [0.15, 0.2) is 0 Å². The molecule has 1 N–H and O–H groups in total. The highest BCUT2D eigenvalue weighted by molar-refractivity contribution is 5.83. The van der Waals surface area contributed by atoms with Crippen LogP contribution in [0.2, 0.25) is 0 Å². The molecular weight excluding hydrogens is 266 g/mol. The Morgan fingerprint density at radius 2 is 1.76 bits per heavy atom. The van der Waals surface area contributed by atoms with Gasteiger partial charge in [0.2, 0.25) is 11.8 Å². The number of rotatable bonds is 3. The fraction of sp³-hybridized carbons (Fsp3) is 0.875. The van der Waals surface area contributed by atoms with Crippen LogP contribution < -0.4 is 5.32 Å². The molecule has 21 heavy (non-hydrogen) atoms. The fourth-order valence-electron chi connectivity index (χ4n) is 3.65. The standard InChI is InChI=1S/C16H29N3O2/c1-4-16(7-9-17-10-8-16)15(21)19-11-5-13(6-12-19)14(20)18(2)3/h13,17H,4-12H2,1-3H3. The maximum atomic E-state index is 12.9. The second-order valence-corrected chi connectivity index (χ2v) is 6.68. The third-order valence-corrected chi connectivity index (χ3v) is 5.26. The maximum Gasteiger partial charge on any atom is 0.228 e. The number of amides is 2. The summed E-state index contributed by atoms with van der Waals surface area (Å²) in [6.45, 7) is 5.48. The first-order valence-corrected chi connectivity index (χ1v) is 8.21. The number of hydrogen-bond acceptors (Lipinski definition) is 3. The predicted octanol–water partition coefficient (Wildman–Crippen LogP) is 1.09. The van der Waals surface area contributed by atoms with Crippen LogP contribution in [0.4, 0.5) is 0 Å². The molecule has 2 saturated heterocycles. The van der Waals surface area contributed by atoms with Gasteiger partial charge in [-0.05, 0) is 45.2 Å². The molecule has 2 rings (SSSR count). The van der Waals surface area contributed by atoms with Crippen molar-refractivity contribution in [2.75, 3.05) is 40.3 Å². The highest BCUT2D eigenvalue weighted by atomic mass is 16.2. The quantitative estimate of drug-likeness (QED) is 0.848. The van der Waals surface area contributed by atoms with E-state index in [1.54, 1.807) is 19.0 Å². The highest BCUT2D eigenvalue weighted by Gasteiger charge is 2.41. The summed E-state index contributed by atoms with van der Waals surface area (Å²) in [6, 6.07) is 0. The topological polar surface area (TPSA) is 52.7 Å². The Bertz CT molecular complexity index is 381. The normalized spacial score (nSPS) is 22.9. The number of carbonyl (C=O) groups is 2. The van der Waals surface area contributed by atoms with Gasteiger partial charge in [-0.3, -0.25) is 9.59 Å². The first-order chi connectivity index (χ1) is 10.00. The number of nitrogens with one attached hydrogen (secondary N) is 1. The van der Waals surface area contributed by atoms with Crippen molar-refractivity contribution >= 4 is 11.8 Å². The molecule has 2 amide bonds. The van der Waals surface area contributed by atoms with E-state index in [4.69, 9.17) is 0 Å². The van der Waals surface area contributed by atoms with Crippen molar-refractivity contribution in [2.45, 2.75) is 39.0 Å². The molecular formula is C16H29N3O2. The zero-order valence-electron chi connectivity index (χ0n) is 13.7. The zero-order valence-corrected chi connectivity index (χ0v) is 13.7. The third kappa shape index (κ3) is 3.39. The summed E-state index contributed by atoms with van der Waals surface area (Å²) in [4.78, 5) is 28.6. The van der Waals surface area contributed by atoms with E-state index in [2.05, 4.69) is 12.2 Å².